The number of rotatable bonds is 4. The van der Waals surface area contributed by atoms with Gasteiger partial charge in [0.25, 0.3) is 0 Å². The van der Waals surface area contributed by atoms with Crippen molar-refractivity contribution in [3.63, 3.8) is 0 Å². The summed E-state index contributed by atoms with van der Waals surface area (Å²) in [6.45, 7) is -0.0277. The first-order chi connectivity index (χ1) is 19.3. The van der Waals surface area contributed by atoms with E-state index in [0.717, 1.165) is 73.8 Å². The van der Waals surface area contributed by atoms with Crippen molar-refractivity contribution < 1.29 is 16.7 Å². The molecule has 0 radical (unpaired) electrons. The summed E-state index contributed by atoms with van der Waals surface area (Å²) in [6.07, 6.45) is 9.94. The first-order valence-electron chi connectivity index (χ1n) is 16.3. The number of ether oxygens (including phenoxy) is 1. The summed E-state index contributed by atoms with van der Waals surface area (Å²) in [4.78, 5) is 0.893. The van der Waals surface area contributed by atoms with Gasteiger partial charge in [0, 0.05) is 29.0 Å². The van der Waals surface area contributed by atoms with Gasteiger partial charge in [-0.2, -0.15) is 0 Å². The average molecular weight is 498 g/mol. The molecule has 1 heterocycles. The highest BCUT2D eigenvalue weighted by molar-refractivity contribution is 5.29. The number of likely N-dealkylation sites (N-methyl/N-ethyl adjacent to an activating group) is 1. The Hall–Kier alpha value is -1.72. The zero-order valence-electron chi connectivity index (χ0n) is 27.1. The van der Waals surface area contributed by atoms with E-state index in [9.17, 15) is 5.11 Å². The van der Waals surface area contributed by atoms with Crippen molar-refractivity contribution in [3.8, 4) is 0 Å². The molecule has 2 unspecified atom stereocenters. The Bertz CT molecular complexity index is 1110. The van der Waals surface area contributed by atoms with Crippen LogP contribution in [0.5, 0.6) is 0 Å². The van der Waals surface area contributed by atoms with E-state index in [1.54, 1.807) is 0 Å². The maximum Gasteiger partial charge on any atom is 0.0995 e. The molecule has 2 aliphatic carbocycles. The third-order valence-corrected chi connectivity index (χ3v) is 8.62. The Morgan fingerprint density at radius 2 is 1.50 bits per heavy atom. The lowest BCUT2D eigenvalue weighted by molar-refractivity contribution is -0.161. The molecule has 0 amide bonds. The maximum absolute atomic E-state index is 10.8. The minimum Gasteiger partial charge on any atom is -0.389 e. The molecule has 1 spiro atoms. The molecule has 5 rings (SSSR count). The second kappa shape index (κ2) is 12.2. The van der Waals surface area contributed by atoms with Gasteiger partial charge in [-0.25, -0.2) is 0 Å². The highest BCUT2D eigenvalue weighted by Gasteiger charge is 2.44. The topological polar surface area (TPSA) is 58.7 Å². The summed E-state index contributed by atoms with van der Waals surface area (Å²) in [5.41, 5.74) is 9.32. The molecule has 2 aromatic rings. The molecule has 2 aromatic carbocycles. The number of benzene rings is 2. The molecule has 198 valence electrons. The van der Waals surface area contributed by atoms with E-state index in [4.69, 9.17) is 17.3 Å². The summed E-state index contributed by atoms with van der Waals surface area (Å²) in [5.74, 6) is -0.0500. The van der Waals surface area contributed by atoms with E-state index in [-0.39, 0.29) is 18.4 Å². The maximum atomic E-state index is 10.8. The van der Waals surface area contributed by atoms with E-state index in [1.807, 2.05) is 31.2 Å². The van der Waals surface area contributed by atoms with Crippen LogP contribution in [0.4, 0.5) is 0 Å². The van der Waals surface area contributed by atoms with Gasteiger partial charge in [0.15, 0.2) is 0 Å². The molecule has 1 aliphatic heterocycles. The Balaban J connectivity index is 0.000000201. The normalized spacial score (nSPS) is 28.3. The molecule has 1 saturated heterocycles. The predicted octanol–water partition coefficient (Wildman–Crippen LogP) is 6.43. The molecule has 4 heteroatoms. The van der Waals surface area contributed by atoms with Crippen molar-refractivity contribution >= 4 is 0 Å². The Morgan fingerprint density at radius 1 is 0.944 bits per heavy atom. The zero-order valence-corrected chi connectivity index (χ0v) is 22.1. The molecule has 2 atom stereocenters. The lowest BCUT2D eigenvalue weighted by atomic mass is 9.71. The van der Waals surface area contributed by atoms with Crippen LogP contribution in [0.2, 0.25) is 0 Å². The van der Waals surface area contributed by atoms with Crippen LogP contribution < -0.4 is 5.73 Å². The quantitative estimate of drug-likeness (QED) is 0.511. The summed E-state index contributed by atoms with van der Waals surface area (Å²) < 4.78 is 45.5. The van der Waals surface area contributed by atoms with Crippen LogP contribution in [-0.4, -0.2) is 48.0 Å². The number of hydrogen-bond donors (Lipinski definition) is 2. The van der Waals surface area contributed by atoms with Gasteiger partial charge in [0.1, 0.15) is 0 Å². The van der Waals surface area contributed by atoms with E-state index in [0.29, 0.717) is 6.54 Å². The second-order valence-corrected chi connectivity index (χ2v) is 11.3. The standard InChI is InChI=1S/C17H25NO.C15H23NO/c1-14-6-8-15(9-7-14)16-12-18(2)13-19-17(16)10-4-3-5-11-17;1-12-5-7-13(8-6-12)14(11-16)15(17)9-3-2-4-10-15/h6-9,16H,3-5,10-13H2,1-2H3;5-8,14,17H,2-4,9-11,16H2,1H3/i2D3,13D2;. The molecule has 36 heavy (non-hydrogen) atoms. The summed E-state index contributed by atoms with van der Waals surface area (Å²) in [7, 11) is 0. The molecular formula is C32H48N2O2. The van der Waals surface area contributed by atoms with Gasteiger partial charge in [-0.05, 0) is 57.6 Å². The number of nitrogens with two attached hydrogens (primary N) is 1. The number of nitrogens with zero attached hydrogens (tertiary/aromatic N) is 1. The van der Waals surface area contributed by atoms with E-state index in [1.165, 1.54) is 17.5 Å². The van der Waals surface area contributed by atoms with Gasteiger partial charge in [-0.1, -0.05) is 98.2 Å². The molecular weight excluding hydrogens is 444 g/mol. The lowest BCUT2D eigenvalue weighted by Crippen LogP contribution is -2.52. The first kappa shape index (κ1) is 21.2. The third-order valence-electron chi connectivity index (χ3n) is 8.62. The van der Waals surface area contributed by atoms with Crippen molar-refractivity contribution in [2.75, 3.05) is 26.7 Å². The minimum atomic E-state index is -2.53. The molecule has 3 N–H and O–H groups in total. The van der Waals surface area contributed by atoms with E-state index in [2.05, 4.69) is 31.2 Å². The fourth-order valence-electron chi connectivity index (χ4n) is 6.39. The van der Waals surface area contributed by atoms with Gasteiger partial charge in [0.05, 0.1) is 20.6 Å². The molecule has 4 nitrogen and oxygen atoms in total. The summed E-state index contributed by atoms with van der Waals surface area (Å²) in [6, 6.07) is 16.5. The number of aliphatic hydroxyl groups is 1. The molecule has 3 aliphatic rings. The minimum absolute atomic E-state index is 0.0865. The second-order valence-electron chi connectivity index (χ2n) is 11.3. The molecule has 3 fully saturated rings. The van der Waals surface area contributed by atoms with Crippen molar-refractivity contribution in [1.82, 2.24) is 4.90 Å². The van der Waals surface area contributed by atoms with Gasteiger partial charge in [0.2, 0.25) is 0 Å². The largest absolute Gasteiger partial charge is 0.389 e. The molecule has 0 bridgehead atoms. The lowest BCUT2D eigenvalue weighted by Gasteiger charge is -2.49. The van der Waals surface area contributed by atoms with E-state index >= 15 is 0 Å². The zero-order chi connectivity index (χ0) is 29.9. The van der Waals surface area contributed by atoms with Crippen LogP contribution in [0.25, 0.3) is 0 Å². The molecule has 0 aromatic heterocycles. The fraction of sp³-hybridized carbons (Fsp3) is 0.625. The Morgan fingerprint density at radius 3 is 2.06 bits per heavy atom. The summed E-state index contributed by atoms with van der Waals surface area (Å²) >= 11 is 0. The van der Waals surface area contributed by atoms with Crippen LogP contribution in [-0.2, 0) is 4.74 Å². The third kappa shape index (κ3) is 6.39. The average Bonchev–Trinajstić information content (AvgIpc) is 2.91. The Kier molecular flexibility index (Phi) is 7.21. The van der Waals surface area contributed by atoms with E-state index < -0.39 is 24.9 Å². The van der Waals surface area contributed by atoms with Gasteiger partial charge >= 0.3 is 0 Å². The number of hydrogen-bond acceptors (Lipinski definition) is 4. The van der Waals surface area contributed by atoms with Crippen LogP contribution in [0.1, 0.15) is 105 Å². The summed E-state index contributed by atoms with van der Waals surface area (Å²) in [5, 5.41) is 10.8. The highest BCUT2D eigenvalue weighted by atomic mass is 16.5. The van der Waals surface area contributed by atoms with Crippen LogP contribution in [0, 0.1) is 13.8 Å². The van der Waals surface area contributed by atoms with Crippen LogP contribution in [0.3, 0.4) is 0 Å². The van der Waals surface area contributed by atoms with Crippen molar-refractivity contribution in [3.05, 3.63) is 70.8 Å². The fourth-order valence-corrected chi connectivity index (χ4v) is 6.39. The van der Waals surface area contributed by atoms with Gasteiger partial charge in [-0.3, -0.25) is 4.90 Å². The van der Waals surface area contributed by atoms with Crippen LogP contribution in [0.15, 0.2) is 48.5 Å². The smallest absolute Gasteiger partial charge is 0.0995 e. The SMILES string of the molecule is Cc1ccc(C(CN)C2(O)CCCCC2)cc1.[2H]C([2H])([2H])N1CC(c2ccc(C)cc2)C2(CCCCC2)OC1([2H])[2H]. The molecule has 2 saturated carbocycles. The van der Waals surface area contributed by atoms with Crippen molar-refractivity contribution in [1.29, 1.82) is 0 Å². The van der Waals surface area contributed by atoms with Crippen molar-refractivity contribution in [2.45, 2.75) is 101 Å². The van der Waals surface area contributed by atoms with Crippen molar-refractivity contribution in [2.24, 2.45) is 5.73 Å². The Labute approximate surface area is 226 Å². The van der Waals surface area contributed by atoms with Crippen LogP contribution >= 0.6 is 0 Å². The predicted molar refractivity (Wildman–Crippen MR) is 149 cm³/mol. The van der Waals surface area contributed by atoms with Gasteiger partial charge < -0.3 is 15.6 Å². The first-order valence-corrected chi connectivity index (χ1v) is 13.8. The van der Waals surface area contributed by atoms with Gasteiger partial charge in [-0.15, -0.1) is 0 Å². The number of aryl methyl sites for hydroxylation is 2. The highest BCUT2D eigenvalue weighted by Crippen LogP contribution is 2.45. The monoisotopic (exact) mass is 497 g/mol.